The van der Waals surface area contributed by atoms with Crippen LogP contribution in [0.3, 0.4) is 0 Å². The summed E-state index contributed by atoms with van der Waals surface area (Å²) in [5.74, 6) is 0.340. The molecular weight excluding hydrogens is 376 g/mol. The first-order valence-electron chi connectivity index (χ1n) is 8.09. The molecule has 27 heavy (non-hydrogen) atoms. The zero-order chi connectivity index (χ0) is 19.6. The van der Waals surface area contributed by atoms with Crippen molar-refractivity contribution in [1.82, 2.24) is 9.55 Å². The molecule has 10 heteroatoms. The Labute approximate surface area is 157 Å². The second-order valence-corrected chi connectivity index (χ2v) is 7.03. The van der Waals surface area contributed by atoms with Crippen LogP contribution in [0, 0.1) is 0 Å². The molecule has 0 unspecified atom stereocenters. The minimum Gasteiger partial charge on any atom is -0.427 e. The van der Waals surface area contributed by atoms with Crippen LogP contribution < -0.4 is 16.0 Å². The highest BCUT2D eigenvalue weighted by atomic mass is 32.2. The van der Waals surface area contributed by atoms with Gasteiger partial charge in [-0.15, -0.1) is 11.8 Å². The van der Waals surface area contributed by atoms with E-state index in [1.54, 1.807) is 24.3 Å². The maximum absolute atomic E-state index is 11.9. The molecule has 2 heterocycles. The first-order valence-corrected chi connectivity index (χ1v) is 9.08. The largest absolute Gasteiger partial charge is 0.427 e. The highest BCUT2D eigenvalue weighted by Gasteiger charge is 2.43. The number of aromatic amines is 1. The summed E-state index contributed by atoms with van der Waals surface area (Å²) in [6.07, 6.45) is -3.11. The van der Waals surface area contributed by atoms with Gasteiger partial charge in [0.1, 0.15) is 18.0 Å². The predicted octanol–water partition coefficient (Wildman–Crippen LogP) is -0.127. The van der Waals surface area contributed by atoms with Crippen molar-refractivity contribution in [1.29, 1.82) is 0 Å². The van der Waals surface area contributed by atoms with Gasteiger partial charge < -0.3 is 19.7 Å². The molecule has 4 atom stereocenters. The van der Waals surface area contributed by atoms with Gasteiger partial charge in [-0.25, -0.2) is 4.79 Å². The van der Waals surface area contributed by atoms with Gasteiger partial charge in [0.05, 0.1) is 6.10 Å². The van der Waals surface area contributed by atoms with E-state index in [9.17, 15) is 24.6 Å². The molecule has 1 saturated heterocycles. The van der Waals surface area contributed by atoms with Crippen molar-refractivity contribution in [3.05, 3.63) is 57.4 Å². The van der Waals surface area contributed by atoms with Gasteiger partial charge in [-0.05, 0) is 24.3 Å². The summed E-state index contributed by atoms with van der Waals surface area (Å²) >= 11 is 1.37. The molecule has 0 bridgehead atoms. The van der Waals surface area contributed by atoms with Gasteiger partial charge in [-0.3, -0.25) is 19.1 Å². The summed E-state index contributed by atoms with van der Waals surface area (Å²) in [5, 5.41) is 20.4. The Morgan fingerprint density at radius 2 is 1.93 bits per heavy atom. The Kier molecular flexibility index (Phi) is 5.80. The molecule has 0 amide bonds. The molecule has 1 aliphatic heterocycles. The number of hydrogen-bond acceptors (Lipinski definition) is 8. The molecule has 0 saturated carbocycles. The molecule has 0 aliphatic carbocycles. The highest BCUT2D eigenvalue weighted by molar-refractivity contribution is 7.99. The number of carbonyl (C=O) groups excluding carboxylic acids is 1. The van der Waals surface area contributed by atoms with Gasteiger partial charge in [0.2, 0.25) is 0 Å². The standard InChI is InChI=1S/C17H18N2O7S/c1-9(20)25-10-2-4-11(5-3-10)27-8-12-14(22)15(23)16(26-12)19-7-6-13(21)18-17(19)24/h2-7,12,14-16,22-23H,8H2,1H3,(H,18,21,24)/t12-,14-,15-,16-/m1/s1. The average molecular weight is 394 g/mol. The number of rotatable bonds is 5. The van der Waals surface area contributed by atoms with Crippen molar-refractivity contribution in [3.63, 3.8) is 0 Å². The number of nitrogens with one attached hydrogen (secondary N) is 1. The normalized spacial score (nSPS) is 24.7. The number of aromatic nitrogens is 2. The summed E-state index contributed by atoms with van der Waals surface area (Å²) in [6, 6.07) is 7.94. The molecule has 3 rings (SSSR count). The first kappa shape index (κ1) is 19.4. The van der Waals surface area contributed by atoms with Gasteiger partial charge in [-0.1, -0.05) is 0 Å². The molecule has 1 aromatic carbocycles. The van der Waals surface area contributed by atoms with Gasteiger partial charge in [-0.2, -0.15) is 0 Å². The molecule has 9 nitrogen and oxygen atoms in total. The maximum Gasteiger partial charge on any atom is 0.330 e. The average Bonchev–Trinajstić information content (AvgIpc) is 2.89. The van der Waals surface area contributed by atoms with E-state index in [2.05, 4.69) is 4.98 Å². The van der Waals surface area contributed by atoms with E-state index in [0.717, 1.165) is 15.5 Å². The van der Waals surface area contributed by atoms with Gasteiger partial charge >= 0.3 is 11.7 Å². The summed E-state index contributed by atoms with van der Waals surface area (Å²) in [5.41, 5.74) is -1.29. The number of nitrogens with zero attached hydrogens (tertiary/aromatic N) is 1. The van der Waals surface area contributed by atoms with E-state index in [0.29, 0.717) is 11.5 Å². The number of esters is 1. The van der Waals surface area contributed by atoms with Crippen LogP contribution in [0.4, 0.5) is 0 Å². The Morgan fingerprint density at radius 3 is 2.56 bits per heavy atom. The fourth-order valence-electron chi connectivity index (χ4n) is 2.67. The lowest BCUT2D eigenvalue weighted by Crippen LogP contribution is -2.37. The maximum atomic E-state index is 11.9. The van der Waals surface area contributed by atoms with Crippen LogP contribution >= 0.6 is 11.8 Å². The number of benzene rings is 1. The summed E-state index contributed by atoms with van der Waals surface area (Å²) in [6.45, 7) is 1.32. The molecule has 0 spiro atoms. The molecular formula is C17H18N2O7S. The van der Waals surface area contributed by atoms with Gasteiger partial charge in [0.25, 0.3) is 5.56 Å². The number of H-pyrrole nitrogens is 1. The minimum atomic E-state index is -1.31. The van der Waals surface area contributed by atoms with Crippen LogP contribution in [0.1, 0.15) is 13.2 Å². The summed E-state index contributed by atoms with van der Waals surface area (Å²) in [7, 11) is 0. The van der Waals surface area contributed by atoms with Gasteiger partial charge in [0.15, 0.2) is 6.23 Å². The molecule has 2 aromatic rings. The zero-order valence-electron chi connectivity index (χ0n) is 14.3. The van der Waals surface area contributed by atoms with Crippen LogP contribution in [0.2, 0.25) is 0 Å². The van der Waals surface area contributed by atoms with Crippen molar-refractivity contribution in [2.75, 3.05) is 5.75 Å². The van der Waals surface area contributed by atoms with Crippen molar-refractivity contribution in [2.24, 2.45) is 0 Å². The molecule has 1 aromatic heterocycles. The van der Waals surface area contributed by atoms with Crippen LogP contribution in [0.5, 0.6) is 5.75 Å². The Balaban J connectivity index is 1.65. The van der Waals surface area contributed by atoms with E-state index in [-0.39, 0.29) is 0 Å². The number of thioether (sulfide) groups is 1. The molecule has 0 radical (unpaired) electrons. The van der Waals surface area contributed by atoms with Crippen molar-refractivity contribution in [2.45, 2.75) is 36.4 Å². The third-order valence-corrected chi connectivity index (χ3v) is 5.06. The monoisotopic (exact) mass is 394 g/mol. The zero-order valence-corrected chi connectivity index (χ0v) is 15.1. The van der Waals surface area contributed by atoms with Crippen molar-refractivity contribution in [3.8, 4) is 5.75 Å². The molecule has 3 N–H and O–H groups in total. The van der Waals surface area contributed by atoms with Crippen molar-refractivity contribution >= 4 is 17.7 Å². The van der Waals surface area contributed by atoms with Crippen LogP contribution in [0.15, 0.2) is 51.0 Å². The first-order chi connectivity index (χ1) is 12.8. The third-order valence-electron chi connectivity index (χ3n) is 3.96. The SMILES string of the molecule is CC(=O)Oc1ccc(SC[C@H]2O[C@@H](n3ccc(=O)[nH]c3=O)[C@H](O)[C@@H]2O)cc1. The topological polar surface area (TPSA) is 131 Å². The molecule has 1 aliphatic rings. The van der Waals surface area contributed by atoms with Crippen LogP contribution in [0.25, 0.3) is 0 Å². The number of hydrogen-bond donors (Lipinski definition) is 3. The van der Waals surface area contributed by atoms with Crippen molar-refractivity contribution < 1.29 is 24.5 Å². The van der Waals surface area contributed by atoms with Crippen LogP contribution in [-0.2, 0) is 9.53 Å². The minimum absolute atomic E-state index is 0.319. The lowest BCUT2D eigenvalue weighted by Gasteiger charge is -2.16. The molecule has 144 valence electrons. The summed E-state index contributed by atoms with van der Waals surface area (Å²) < 4.78 is 11.6. The summed E-state index contributed by atoms with van der Waals surface area (Å²) in [4.78, 5) is 36.9. The number of ether oxygens (including phenoxy) is 2. The van der Waals surface area contributed by atoms with E-state index in [1.165, 1.54) is 24.9 Å². The van der Waals surface area contributed by atoms with Gasteiger partial charge in [0, 0.05) is 29.8 Å². The van der Waals surface area contributed by atoms with E-state index >= 15 is 0 Å². The second kappa shape index (κ2) is 8.09. The quantitative estimate of drug-likeness (QED) is 0.363. The number of aliphatic hydroxyl groups excluding tert-OH is 2. The van der Waals surface area contributed by atoms with E-state index in [1.807, 2.05) is 0 Å². The Bertz CT molecular complexity index is 924. The molecule has 1 fully saturated rings. The predicted molar refractivity (Wildman–Crippen MR) is 95.7 cm³/mol. The fourth-order valence-corrected chi connectivity index (χ4v) is 3.63. The fraction of sp³-hybridized carbons (Fsp3) is 0.353. The lowest BCUT2D eigenvalue weighted by molar-refractivity contribution is -0.131. The highest BCUT2D eigenvalue weighted by Crippen LogP contribution is 2.32. The smallest absolute Gasteiger partial charge is 0.330 e. The Hall–Kier alpha value is -2.40. The van der Waals surface area contributed by atoms with E-state index in [4.69, 9.17) is 9.47 Å². The third kappa shape index (κ3) is 4.48. The lowest BCUT2D eigenvalue weighted by atomic mass is 10.1. The number of aliphatic hydroxyl groups is 2. The van der Waals surface area contributed by atoms with Crippen LogP contribution in [-0.4, -0.2) is 49.8 Å². The van der Waals surface area contributed by atoms with E-state index < -0.39 is 41.8 Å². The Morgan fingerprint density at radius 1 is 1.22 bits per heavy atom. The number of carbonyl (C=O) groups is 1. The second-order valence-electron chi connectivity index (χ2n) is 5.94.